The molecule has 2 aromatic heterocycles. The summed E-state index contributed by atoms with van der Waals surface area (Å²) < 4.78 is 2.45. The van der Waals surface area contributed by atoms with Crippen molar-refractivity contribution in [2.75, 3.05) is 0 Å². The number of fused-ring (bicyclic) bond motifs is 7. The minimum absolute atomic E-state index is 0.710. The third-order valence-electron chi connectivity index (χ3n) is 11.0. The summed E-state index contributed by atoms with van der Waals surface area (Å²) in [4.78, 5) is 10.2. The molecule has 0 fully saturated rings. The first-order chi connectivity index (χ1) is 27.3. The molecule has 3 heteroatoms. The lowest BCUT2D eigenvalue weighted by Gasteiger charge is -2.15. The van der Waals surface area contributed by atoms with Gasteiger partial charge in [-0.05, 0) is 74.5 Å². The molecule has 0 saturated carbocycles. The Morgan fingerprint density at radius 3 is 1.65 bits per heavy atom. The Morgan fingerprint density at radius 2 is 0.909 bits per heavy atom. The highest BCUT2D eigenvalue weighted by molar-refractivity contribution is 6.22. The molecule has 0 aliphatic rings. The van der Waals surface area contributed by atoms with Gasteiger partial charge in [-0.2, -0.15) is 0 Å². The van der Waals surface area contributed by atoms with Crippen molar-refractivity contribution < 1.29 is 0 Å². The van der Waals surface area contributed by atoms with Crippen LogP contribution in [0.2, 0.25) is 0 Å². The van der Waals surface area contributed by atoms with Crippen molar-refractivity contribution in [3.63, 3.8) is 0 Å². The van der Waals surface area contributed by atoms with E-state index in [4.69, 9.17) is 9.97 Å². The van der Waals surface area contributed by atoms with Crippen LogP contribution in [0.15, 0.2) is 200 Å². The summed E-state index contributed by atoms with van der Waals surface area (Å²) in [6.07, 6.45) is 0. The van der Waals surface area contributed by atoms with Gasteiger partial charge in [-0.15, -0.1) is 0 Å². The summed E-state index contributed by atoms with van der Waals surface area (Å²) in [5.41, 5.74) is 10.9. The zero-order valence-corrected chi connectivity index (χ0v) is 29.9. The number of benzene rings is 9. The van der Waals surface area contributed by atoms with Gasteiger partial charge in [0.1, 0.15) is 0 Å². The highest BCUT2D eigenvalue weighted by atomic mass is 15.0. The van der Waals surface area contributed by atoms with Gasteiger partial charge in [0.15, 0.2) is 5.82 Å². The zero-order chi connectivity index (χ0) is 36.3. The smallest absolute Gasteiger partial charge is 0.160 e. The molecule has 3 nitrogen and oxygen atoms in total. The van der Waals surface area contributed by atoms with Crippen LogP contribution in [0.3, 0.4) is 0 Å². The summed E-state index contributed by atoms with van der Waals surface area (Å²) in [6, 6.07) is 71.6. The molecule has 0 atom stereocenters. The Bertz CT molecular complexity index is 3190. The highest BCUT2D eigenvalue weighted by Crippen LogP contribution is 2.41. The average molecular weight is 700 g/mol. The second kappa shape index (κ2) is 12.6. The van der Waals surface area contributed by atoms with E-state index in [1.54, 1.807) is 0 Å². The van der Waals surface area contributed by atoms with Gasteiger partial charge in [-0.3, -0.25) is 0 Å². The fourth-order valence-corrected chi connectivity index (χ4v) is 8.37. The molecular weight excluding hydrogens is 667 g/mol. The summed E-state index contributed by atoms with van der Waals surface area (Å²) in [7, 11) is 0. The zero-order valence-electron chi connectivity index (χ0n) is 29.9. The fraction of sp³-hybridized carbons (Fsp3) is 0. The van der Waals surface area contributed by atoms with Crippen molar-refractivity contribution in [2.45, 2.75) is 0 Å². The predicted molar refractivity (Wildman–Crippen MR) is 231 cm³/mol. The Kier molecular flexibility index (Phi) is 7.17. The van der Waals surface area contributed by atoms with Crippen molar-refractivity contribution in [3.8, 4) is 50.7 Å². The quantitative estimate of drug-likeness (QED) is 0.179. The van der Waals surface area contributed by atoms with Gasteiger partial charge in [0.05, 0.1) is 28.1 Å². The third kappa shape index (κ3) is 5.20. The molecule has 0 radical (unpaired) electrons. The molecule has 0 N–H and O–H groups in total. The Labute approximate surface area is 318 Å². The minimum Gasteiger partial charge on any atom is -0.309 e. The van der Waals surface area contributed by atoms with Crippen molar-refractivity contribution in [1.82, 2.24) is 14.5 Å². The first kappa shape index (κ1) is 31.2. The lowest BCUT2D eigenvalue weighted by Crippen LogP contribution is -1.96. The monoisotopic (exact) mass is 699 g/mol. The number of hydrogen-bond acceptors (Lipinski definition) is 2. The lowest BCUT2D eigenvalue weighted by atomic mass is 9.94. The largest absolute Gasteiger partial charge is 0.309 e. The molecule has 0 aliphatic heterocycles. The van der Waals surface area contributed by atoms with Crippen LogP contribution in [0.4, 0.5) is 0 Å². The van der Waals surface area contributed by atoms with Gasteiger partial charge < -0.3 is 4.57 Å². The normalized spacial score (nSPS) is 11.6. The van der Waals surface area contributed by atoms with Crippen molar-refractivity contribution in [2.24, 2.45) is 0 Å². The molecular formula is C52H33N3. The molecule has 0 bridgehead atoms. The van der Waals surface area contributed by atoms with E-state index in [2.05, 4.69) is 193 Å². The number of rotatable bonds is 5. The van der Waals surface area contributed by atoms with Gasteiger partial charge in [-0.1, -0.05) is 164 Å². The average Bonchev–Trinajstić information content (AvgIpc) is 3.61. The number of hydrogen-bond donors (Lipinski definition) is 0. The maximum atomic E-state index is 5.11. The number of para-hydroxylation sites is 1. The standard InChI is InChI=1S/C52H33N3/c1-3-14-36(15-4-1)46-33-47(37-16-5-2-6-17-37)54-52(53-46)39-26-24-34-23-25-38(31-40(34)32-39)41-28-30-49(44-20-10-9-19-43(41)44)55-48-22-12-11-21-45(48)51-42-18-8-7-13-35(42)27-29-50(51)55/h1-33H. The molecule has 0 amide bonds. The molecule has 11 rings (SSSR count). The van der Waals surface area contributed by atoms with Crippen LogP contribution in [0.1, 0.15) is 0 Å². The lowest BCUT2D eigenvalue weighted by molar-refractivity contribution is 1.18. The highest BCUT2D eigenvalue weighted by Gasteiger charge is 2.18. The first-order valence-electron chi connectivity index (χ1n) is 18.7. The van der Waals surface area contributed by atoms with Crippen LogP contribution >= 0.6 is 0 Å². The summed E-state index contributed by atoms with van der Waals surface area (Å²) in [5.74, 6) is 0.710. The van der Waals surface area contributed by atoms with E-state index in [-0.39, 0.29) is 0 Å². The fourth-order valence-electron chi connectivity index (χ4n) is 8.37. The maximum absolute atomic E-state index is 5.11. The van der Waals surface area contributed by atoms with Crippen molar-refractivity contribution in [1.29, 1.82) is 0 Å². The molecule has 256 valence electrons. The van der Waals surface area contributed by atoms with Gasteiger partial charge in [0, 0.05) is 32.8 Å². The Morgan fingerprint density at radius 1 is 0.327 bits per heavy atom. The van der Waals surface area contributed by atoms with Gasteiger partial charge >= 0.3 is 0 Å². The predicted octanol–water partition coefficient (Wildman–Crippen LogP) is 13.7. The van der Waals surface area contributed by atoms with Crippen LogP contribution in [-0.2, 0) is 0 Å². The molecule has 0 aliphatic carbocycles. The Balaban J connectivity index is 1.06. The van der Waals surface area contributed by atoms with E-state index in [1.807, 2.05) is 12.1 Å². The van der Waals surface area contributed by atoms with Crippen LogP contribution in [0.25, 0.3) is 105 Å². The van der Waals surface area contributed by atoms with E-state index < -0.39 is 0 Å². The molecule has 0 saturated heterocycles. The van der Waals surface area contributed by atoms with E-state index in [0.29, 0.717) is 5.82 Å². The maximum Gasteiger partial charge on any atom is 0.160 e. The van der Waals surface area contributed by atoms with Crippen molar-refractivity contribution in [3.05, 3.63) is 200 Å². The number of aromatic nitrogens is 3. The van der Waals surface area contributed by atoms with E-state index >= 15 is 0 Å². The van der Waals surface area contributed by atoms with Crippen LogP contribution in [-0.4, -0.2) is 14.5 Å². The van der Waals surface area contributed by atoms with Gasteiger partial charge in [0.2, 0.25) is 0 Å². The molecule has 0 unspecified atom stereocenters. The van der Waals surface area contributed by atoms with E-state index in [9.17, 15) is 0 Å². The number of nitrogens with zero attached hydrogens (tertiary/aromatic N) is 3. The van der Waals surface area contributed by atoms with E-state index in [1.165, 1.54) is 65.6 Å². The Hall–Kier alpha value is -7.36. The molecule has 9 aromatic carbocycles. The first-order valence-corrected chi connectivity index (χ1v) is 18.7. The minimum atomic E-state index is 0.710. The van der Waals surface area contributed by atoms with Crippen LogP contribution in [0.5, 0.6) is 0 Å². The SMILES string of the molecule is c1ccc(-c2cc(-c3ccccc3)nc(-c3ccc4ccc(-c5ccc(-n6c7ccccc7c7c8ccccc8ccc76)c6ccccc56)cc4c3)n2)cc1. The van der Waals surface area contributed by atoms with Gasteiger partial charge in [0.25, 0.3) is 0 Å². The second-order valence-corrected chi connectivity index (χ2v) is 14.2. The molecule has 55 heavy (non-hydrogen) atoms. The molecule has 11 aromatic rings. The third-order valence-corrected chi connectivity index (χ3v) is 11.0. The second-order valence-electron chi connectivity index (χ2n) is 14.2. The van der Waals surface area contributed by atoms with E-state index in [0.717, 1.165) is 33.5 Å². The summed E-state index contributed by atoms with van der Waals surface area (Å²) >= 11 is 0. The van der Waals surface area contributed by atoms with Crippen LogP contribution in [0, 0.1) is 0 Å². The molecule has 0 spiro atoms. The molecule has 2 heterocycles. The van der Waals surface area contributed by atoms with Crippen molar-refractivity contribution >= 4 is 54.1 Å². The van der Waals surface area contributed by atoms with Gasteiger partial charge in [-0.25, -0.2) is 9.97 Å². The topological polar surface area (TPSA) is 30.7 Å². The summed E-state index contributed by atoms with van der Waals surface area (Å²) in [5, 5.41) is 9.84. The summed E-state index contributed by atoms with van der Waals surface area (Å²) in [6.45, 7) is 0. The van der Waals surface area contributed by atoms with Crippen LogP contribution < -0.4 is 0 Å².